The molecule has 376 valence electrons. The van der Waals surface area contributed by atoms with E-state index >= 15 is 0 Å². The Balaban J connectivity index is 0.0000104. The van der Waals surface area contributed by atoms with Crippen LogP contribution < -0.4 is 24.2 Å². The molecule has 0 saturated heterocycles. The molecule has 0 radical (unpaired) electrons. The molecule has 0 amide bonds. The van der Waals surface area contributed by atoms with E-state index in [1.54, 1.807) is 0 Å². The van der Waals surface area contributed by atoms with Crippen LogP contribution >= 0.6 is 0 Å². The largest absolute Gasteiger partial charge is 0.372 e. The van der Waals surface area contributed by atoms with Crippen LogP contribution in [-0.2, 0) is 0 Å². The predicted molar refractivity (Wildman–Crippen MR) is 310 cm³/mol. The predicted octanol–water partition coefficient (Wildman–Crippen LogP) is 17.5. The van der Waals surface area contributed by atoms with Crippen LogP contribution in [0.5, 0.6) is 0 Å². The van der Waals surface area contributed by atoms with Crippen molar-refractivity contribution in [3.05, 3.63) is 121 Å². The van der Waals surface area contributed by atoms with E-state index in [2.05, 4.69) is 206 Å². The van der Waals surface area contributed by atoms with Crippen molar-refractivity contribution in [1.29, 1.82) is 0 Å². The molecule has 0 bridgehead atoms. The summed E-state index contributed by atoms with van der Waals surface area (Å²) < 4.78 is 5.03. The molecule has 5 rings (SSSR count). The number of unbranched alkanes of at least 4 members (excludes halogenated alkanes) is 8. The van der Waals surface area contributed by atoms with Gasteiger partial charge in [0, 0.05) is 135 Å². The highest BCUT2D eigenvalue weighted by Crippen LogP contribution is 2.38. The van der Waals surface area contributed by atoms with Crippen LogP contribution in [0.1, 0.15) is 166 Å². The Morgan fingerprint density at radius 2 is 0.551 bits per heavy atom. The Labute approximate surface area is 423 Å². The molecule has 0 spiro atoms. The maximum Gasteiger partial charge on any atom is 0.212 e. The number of anilines is 6. The molecule has 6 heteroatoms. The summed E-state index contributed by atoms with van der Waals surface area (Å²) in [4.78, 5) is 10.2. The Hall–Kier alpha value is -5.10. The second-order valence-corrected chi connectivity index (χ2v) is 19.0. The zero-order valence-electron chi connectivity index (χ0n) is 44.2. The second kappa shape index (κ2) is 31.9. The van der Waals surface area contributed by atoms with Crippen LogP contribution in [0.25, 0.3) is 0 Å². The fourth-order valence-corrected chi connectivity index (χ4v) is 9.17. The maximum atomic E-state index is 2.58. The Bertz CT molecular complexity index is 2010. The van der Waals surface area contributed by atoms with E-state index in [1.165, 1.54) is 148 Å². The highest BCUT2D eigenvalue weighted by atomic mass is 15.2. The standard InChI is InChI=1S/C62H92N6.CH4/c1-9-17-45-63(46-18-10-2)53-25-33-57(34-26-53)67(58-35-27-54(28-36-58)64(47-19-11-3)48-20-12-4)61-41-43-62(44-42-61)68(59-37-29-55(30-38-59)65(49-21-13-5)50-22-14-6)60-39-31-56(32-40-60)66(51-23-15-7)52-24-16-8;/h25-44H,9-24,45-52H2,1-8H3;1H4/q+2;. The topological polar surface area (TPSA) is 19.0 Å². The molecule has 1 aliphatic rings. The van der Waals surface area contributed by atoms with Gasteiger partial charge < -0.3 is 19.6 Å². The van der Waals surface area contributed by atoms with Crippen LogP contribution in [0.15, 0.2) is 121 Å². The van der Waals surface area contributed by atoms with Crippen LogP contribution in [0.3, 0.4) is 0 Å². The van der Waals surface area contributed by atoms with Crippen molar-refractivity contribution in [2.45, 2.75) is 166 Å². The molecule has 1 aliphatic carbocycles. The van der Waals surface area contributed by atoms with E-state index in [1.807, 2.05) is 0 Å². The molecule has 69 heavy (non-hydrogen) atoms. The Morgan fingerprint density at radius 3 is 0.841 bits per heavy atom. The fourth-order valence-electron chi connectivity index (χ4n) is 9.17. The SMILES string of the molecule is C.CCCCN(CCCC)c1ccc(N(c2ccc(N(CCCC)CCCC)cc2)c2ccc([N+](=C3C=CC(=[N+](CCCC)CCCC)C=C3)c3ccc(N(CCCC)CCCC)cc3)cc2)cc1. The molecule has 6 nitrogen and oxygen atoms in total. The molecule has 4 aromatic carbocycles. The number of hydrogen-bond donors (Lipinski definition) is 0. The van der Waals surface area contributed by atoms with Gasteiger partial charge in [-0.3, -0.25) is 0 Å². The molecular formula is C63H96N6+2. The van der Waals surface area contributed by atoms with Gasteiger partial charge in [0.2, 0.25) is 17.1 Å². The van der Waals surface area contributed by atoms with Gasteiger partial charge in [-0.15, -0.1) is 0 Å². The quantitative estimate of drug-likeness (QED) is 0.0359. The third-order valence-corrected chi connectivity index (χ3v) is 13.5. The van der Waals surface area contributed by atoms with Crippen molar-refractivity contribution < 1.29 is 4.58 Å². The van der Waals surface area contributed by atoms with Gasteiger partial charge in [-0.2, -0.15) is 4.58 Å². The maximum absolute atomic E-state index is 2.58. The third-order valence-electron chi connectivity index (χ3n) is 13.5. The first-order chi connectivity index (χ1) is 33.4. The highest BCUT2D eigenvalue weighted by molar-refractivity contribution is 6.18. The molecule has 0 aliphatic heterocycles. The van der Waals surface area contributed by atoms with Gasteiger partial charge in [0.15, 0.2) is 5.71 Å². The van der Waals surface area contributed by atoms with E-state index in [0.717, 1.165) is 63.7 Å². The molecule has 0 atom stereocenters. The number of benzene rings is 4. The molecule has 0 fully saturated rings. The minimum atomic E-state index is 0. The fraction of sp³-hybridized carbons (Fsp3) is 0.524. The van der Waals surface area contributed by atoms with Crippen molar-refractivity contribution in [2.75, 3.05) is 72.0 Å². The summed E-state index contributed by atoms with van der Waals surface area (Å²) in [6.45, 7) is 27.1. The van der Waals surface area contributed by atoms with Crippen LogP contribution in [0, 0.1) is 0 Å². The van der Waals surface area contributed by atoms with Crippen molar-refractivity contribution in [3.63, 3.8) is 0 Å². The van der Waals surface area contributed by atoms with E-state index in [-0.39, 0.29) is 7.43 Å². The van der Waals surface area contributed by atoms with Crippen molar-refractivity contribution in [3.8, 4) is 0 Å². The lowest BCUT2D eigenvalue weighted by Crippen LogP contribution is -2.25. The first-order valence-electron chi connectivity index (χ1n) is 27.5. The Kier molecular flexibility index (Phi) is 26.1. The summed E-state index contributed by atoms with van der Waals surface area (Å²) in [5.41, 5.74) is 12.2. The molecule has 0 saturated carbocycles. The van der Waals surface area contributed by atoms with E-state index < -0.39 is 0 Å². The van der Waals surface area contributed by atoms with E-state index in [9.17, 15) is 0 Å². The zero-order chi connectivity index (χ0) is 48.4. The summed E-state index contributed by atoms with van der Waals surface area (Å²) in [7, 11) is 0. The lowest BCUT2D eigenvalue weighted by molar-refractivity contribution is -0.527. The van der Waals surface area contributed by atoms with Gasteiger partial charge in [0.25, 0.3) is 0 Å². The monoisotopic (exact) mass is 937 g/mol. The summed E-state index contributed by atoms with van der Waals surface area (Å²) >= 11 is 0. The van der Waals surface area contributed by atoms with Gasteiger partial charge in [-0.1, -0.05) is 114 Å². The molecule has 4 aromatic rings. The van der Waals surface area contributed by atoms with Crippen molar-refractivity contribution in [2.24, 2.45) is 0 Å². The number of hydrogen-bond acceptors (Lipinski definition) is 4. The van der Waals surface area contributed by atoms with Gasteiger partial charge in [-0.25, -0.2) is 4.58 Å². The third kappa shape index (κ3) is 17.1. The van der Waals surface area contributed by atoms with Gasteiger partial charge >= 0.3 is 0 Å². The average Bonchev–Trinajstić information content (AvgIpc) is 3.38. The lowest BCUT2D eigenvalue weighted by atomic mass is 10.1. The molecule has 0 heterocycles. The van der Waals surface area contributed by atoms with Crippen LogP contribution in [-0.4, -0.2) is 68.4 Å². The average molecular weight is 938 g/mol. The number of allylic oxidation sites excluding steroid dienone is 4. The Morgan fingerprint density at radius 1 is 0.304 bits per heavy atom. The van der Waals surface area contributed by atoms with E-state index in [4.69, 9.17) is 0 Å². The second-order valence-electron chi connectivity index (χ2n) is 19.0. The lowest BCUT2D eigenvalue weighted by Gasteiger charge is -2.29. The minimum absolute atomic E-state index is 0. The van der Waals surface area contributed by atoms with Gasteiger partial charge in [-0.05, 0) is 111 Å². The van der Waals surface area contributed by atoms with E-state index in [0.29, 0.717) is 0 Å². The first-order valence-corrected chi connectivity index (χ1v) is 27.5. The van der Waals surface area contributed by atoms with Gasteiger partial charge in [0.05, 0.1) is 0 Å². The summed E-state index contributed by atoms with van der Waals surface area (Å²) in [5.74, 6) is 0. The van der Waals surface area contributed by atoms with Crippen LogP contribution in [0.2, 0.25) is 0 Å². The summed E-state index contributed by atoms with van der Waals surface area (Å²) in [6.07, 6.45) is 28.7. The van der Waals surface area contributed by atoms with Crippen molar-refractivity contribution in [1.82, 2.24) is 4.58 Å². The van der Waals surface area contributed by atoms with Gasteiger partial charge in [0.1, 0.15) is 13.1 Å². The first kappa shape index (κ1) is 56.5. The molecule has 0 unspecified atom stereocenters. The molecule has 0 N–H and O–H groups in total. The number of rotatable bonds is 32. The zero-order valence-corrected chi connectivity index (χ0v) is 44.2. The minimum Gasteiger partial charge on any atom is -0.372 e. The summed E-state index contributed by atoms with van der Waals surface area (Å²) in [6, 6.07) is 37.4. The number of nitrogens with zero attached hydrogens (tertiary/aromatic N) is 6. The van der Waals surface area contributed by atoms with Crippen LogP contribution in [0.4, 0.5) is 45.5 Å². The normalized spacial score (nSPS) is 12.0. The highest BCUT2D eigenvalue weighted by Gasteiger charge is 2.24. The summed E-state index contributed by atoms with van der Waals surface area (Å²) in [5, 5.41) is 0. The molecular weight excluding hydrogens is 841 g/mol. The molecule has 0 aromatic heterocycles. The smallest absolute Gasteiger partial charge is 0.212 e. The van der Waals surface area contributed by atoms with Crippen molar-refractivity contribution >= 4 is 56.9 Å².